The molecule has 0 aromatic heterocycles. The summed E-state index contributed by atoms with van der Waals surface area (Å²) in [5.41, 5.74) is 0.948. The number of carbonyl (C=O) groups is 2. The molecule has 1 aromatic carbocycles. The van der Waals surface area contributed by atoms with Gasteiger partial charge in [-0.1, -0.05) is 38.3 Å². The Morgan fingerprint density at radius 2 is 1.74 bits per heavy atom. The van der Waals surface area contributed by atoms with Crippen molar-refractivity contribution in [2.75, 3.05) is 13.7 Å². The van der Waals surface area contributed by atoms with Crippen LogP contribution < -0.4 is 4.74 Å². The fourth-order valence-corrected chi connectivity index (χ4v) is 1.63. The van der Waals surface area contributed by atoms with Gasteiger partial charge in [-0.2, -0.15) is 0 Å². The number of aliphatic carboxylic acids is 1. The quantitative estimate of drug-likeness (QED) is 0.446. The number of unbranched alkanes of at least 4 members (excludes halogenated alkanes) is 3. The van der Waals surface area contributed by atoms with Gasteiger partial charge in [0.25, 0.3) is 5.97 Å². The molecule has 1 N–H and O–H groups in total. The summed E-state index contributed by atoms with van der Waals surface area (Å²) >= 11 is 0. The van der Waals surface area contributed by atoms with Gasteiger partial charge >= 0.3 is 5.97 Å². The average Bonchev–Trinajstić information content (AvgIpc) is 2.52. The van der Waals surface area contributed by atoms with E-state index in [9.17, 15) is 4.79 Å². The van der Waals surface area contributed by atoms with Crippen LogP contribution in [0.2, 0.25) is 0 Å². The molecule has 0 amide bonds. The Balaban J connectivity index is 0.00000108. The number of rotatable bonds is 8. The van der Waals surface area contributed by atoms with Crippen LogP contribution in [0.15, 0.2) is 30.3 Å². The van der Waals surface area contributed by atoms with E-state index >= 15 is 0 Å². The van der Waals surface area contributed by atoms with Crippen molar-refractivity contribution in [1.29, 1.82) is 0 Å². The van der Waals surface area contributed by atoms with Crippen LogP contribution in [0.5, 0.6) is 5.75 Å². The molecule has 1 rings (SSSR count). The molecule has 0 aliphatic heterocycles. The first-order valence-corrected chi connectivity index (χ1v) is 7.68. The van der Waals surface area contributed by atoms with Crippen molar-refractivity contribution in [2.45, 2.75) is 39.5 Å². The SMILES string of the molecule is CC(=O)O.CCCCCCOC(=O)C=Cc1ccc(OC)cc1. The summed E-state index contributed by atoms with van der Waals surface area (Å²) in [4.78, 5) is 20.4. The maximum Gasteiger partial charge on any atom is 0.330 e. The molecule has 0 aliphatic rings. The van der Waals surface area contributed by atoms with Crippen LogP contribution in [-0.2, 0) is 14.3 Å². The Kier molecular flexibility index (Phi) is 12.0. The minimum absolute atomic E-state index is 0.285. The molecule has 0 saturated carbocycles. The molecule has 23 heavy (non-hydrogen) atoms. The van der Waals surface area contributed by atoms with Gasteiger partial charge in [-0.25, -0.2) is 4.79 Å². The number of carboxylic acids is 1. The molecule has 5 heteroatoms. The predicted molar refractivity (Wildman–Crippen MR) is 90.4 cm³/mol. The average molecular weight is 322 g/mol. The second-order valence-electron chi connectivity index (χ2n) is 4.85. The van der Waals surface area contributed by atoms with E-state index in [4.69, 9.17) is 19.4 Å². The zero-order valence-electron chi connectivity index (χ0n) is 14.1. The van der Waals surface area contributed by atoms with E-state index in [1.807, 2.05) is 24.3 Å². The number of carboxylic acid groups (broad SMARTS) is 1. The largest absolute Gasteiger partial charge is 0.497 e. The van der Waals surface area contributed by atoms with Crippen molar-refractivity contribution in [3.8, 4) is 5.75 Å². The van der Waals surface area contributed by atoms with Gasteiger partial charge in [0.15, 0.2) is 0 Å². The number of carbonyl (C=O) groups excluding carboxylic acids is 1. The van der Waals surface area contributed by atoms with Gasteiger partial charge in [0.2, 0.25) is 0 Å². The third kappa shape index (κ3) is 13.1. The molecule has 0 spiro atoms. The van der Waals surface area contributed by atoms with Crippen molar-refractivity contribution in [3.05, 3.63) is 35.9 Å². The maximum absolute atomic E-state index is 11.4. The normalized spacial score (nSPS) is 9.87. The maximum atomic E-state index is 11.4. The van der Waals surface area contributed by atoms with Gasteiger partial charge in [0.05, 0.1) is 13.7 Å². The summed E-state index contributed by atoms with van der Waals surface area (Å²) in [6.45, 7) is 3.75. The zero-order chi connectivity index (χ0) is 17.5. The molecule has 0 unspecified atom stereocenters. The Bertz CT molecular complexity index is 473. The molecule has 1 aromatic rings. The number of hydrogen-bond acceptors (Lipinski definition) is 4. The smallest absolute Gasteiger partial charge is 0.330 e. The van der Waals surface area contributed by atoms with Gasteiger partial charge in [-0.3, -0.25) is 4.79 Å². The van der Waals surface area contributed by atoms with Crippen LogP contribution in [0.25, 0.3) is 6.08 Å². The summed E-state index contributed by atoms with van der Waals surface area (Å²) in [7, 11) is 1.63. The second kappa shape index (κ2) is 13.4. The molecular formula is C18H26O5. The topological polar surface area (TPSA) is 72.8 Å². The van der Waals surface area contributed by atoms with Crippen LogP contribution in [0.4, 0.5) is 0 Å². The Hall–Kier alpha value is -2.30. The fraction of sp³-hybridized carbons (Fsp3) is 0.444. The van der Waals surface area contributed by atoms with Gasteiger partial charge < -0.3 is 14.6 Å². The van der Waals surface area contributed by atoms with Crippen molar-refractivity contribution in [3.63, 3.8) is 0 Å². The Morgan fingerprint density at radius 3 is 2.26 bits per heavy atom. The third-order valence-corrected chi connectivity index (χ3v) is 2.77. The van der Waals surface area contributed by atoms with Crippen molar-refractivity contribution in [2.24, 2.45) is 0 Å². The fourth-order valence-electron chi connectivity index (χ4n) is 1.63. The first kappa shape index (κ1) is 20.7. The number of methoxy groups -OCH3 is 1. The lowest BCUT2D eigenvalue weighted by atomic mass is 10.2. The van der Waals surface area contributed by atoms with Crippen molar-refractivity contribution in [1.82, 2.24) is 0 Å². The highest BCUT2D eigenvalue weighted by Gasteiger charge is 1.97. The second-order valence-corrected chi connectivity index (χ2v) is 4.85. The standard InChI is InChI=1S/C16H22O3.C2H4O2/c1-3-4-5-6-13-19-16(17)12-9-14-7-10-15(18-2)11-8-14;1-2(3)4/h7-12H,3-6,13H2,1-2H3;1H3,(H,3,4). The first-order valence-electron chi connectivity index (χ1n) is 7.68. The molecule has 0 fully saturated rings. The van der Waals surface area contributed by atoms with Crippen molar-refractivity contribution >= 4 is 18.0 Å². The van der Waals surface area contributed by atoms with Crippen LogP contribution in [-0.4, -0.2) is 30.8 Å². The molecule has 5 nitrogen and oxygen atoms in total. The third-order valence-electron chi connectivity index (χ3n) is 2.77. The molecule has 0 atom stereocenters. The van der Waals surface area contributed by atoms with Crippen LogP contribution in [0.1, 0.15) is 45.1 Å². The molecule has 0 radical (unpaired) electrons. The summed E-state index contributed by atoms with van der Waals surface area (Å²) in [6, 6.07) is 7.50. The van der Waals surface area contributed by atoms with E-state index in [1.54, 1.807) is 13.2 Å². The lowest BCUT2D eigenvalue weighted by Crippen LogP contribution is -2.02. The highest BCUT2D eigenvalue weighted by atomic mass is 16.5. The minimum Gasteiger partial charge on any atom is -0.497 e. The van der Waals surface area contributed by atoms with Gasteiger partial charge in [0.1, 0.15) is 5.75 Å². The molecule has 0 aliphatic carbocycles. The first-order chi connectivity index (χ1) is 11.0. The molecule has 0 saturated heterocycles. The lowest BCUT2D eigenvalue weighted by molar-refractivity contribution is -0.138. The zero-order valence-corrected chi connectivity index (χ0v) is 14.1. The van der Waals surface area contributed by atoms with Crippen LogP contribution >= 0.6 is 0 Å². The summed E-state index contributed by atoms with van der Waals surface area (Å²) < 4.78 is 10.2. The summed E-state index contributed by atoms with van der Waals surface area (Å²) in [6.07, 6.45) is 7.64. The predicted octanol–water partition coefficient (Wildman–Crippen LogP) is 3.92. The van der Waals surface area contributed by atoms with E-state index in [2.05, 4.69) is 6.92 Å². The van der Waals surface area contributed by atoms with E-state index in [0.717, 1.165) is 31.1 Å². The van der Waals surface area contributed by atoms with E-state index < -0.39 is 5.97 Å². The van der Waals surface area contributed by atoms with E-state index in [0.29, 0.717) is 6.61 Å². The Morgan fingerprint density at radius 1 is 1.13 bits per heavy atom. The summed E-state index contributed by atoms with van der Waals surface area (Å²) in [5, 5.41) is 7.42. The number of benzene rings is 1. The number of ether oxygens (including phenoxy) is 2. The number of esters is 1. The van der Waals surface area contributed by atoms with Gasteiger partial charge in [-0.15, -0.1) is 0 Å². The molecular weight excluding hydrogens is 296 g/mol. The van der Waals surface area contributed by atoms with Gasteiger partial charge in [-0.05, 0) is 30.2 Å². The molecule has 0 bridgehead atoms. The highest BCUT2D eigenvalue weighted by molar-refractivity contribution is 5.87. The van der Waals surface area contributed by atoms with Crippen LogP contribution in [0.3, 0.4) is 0 Å². The van der Waals surface area contributed by atoms with Crippen LogP contribution in [0, 0.1) is 0 Å². The molecule has 0 heterocycles. The van der Waals surface area contributed by atoms with Crippen molar-refractivity contribution < 1.29 is 24.2 Å². The summed E-state index contributed by atoms with van der Waals surface area (Å²) in [5.74, 6) is -0.317. The van der Waals surface area contributed by atoms with E-state index in [1.165, 1.54) is 18.9 Å². The minimum atomic E-state index is -0.833. The highest BCUT2D eigenvalue weighted by Crippen LogP contribution is 2.12. The molecule has 128 valence electrons. The number of hydrogen-bond donors (Lipinski definition) is 1. The Labute approximate surface area is 137 Å². The monoisotopic (exact) mass is 322 g/mol. The lowest BCUT2D eigenvalue weighted by Gasteiger charge is -2.01. The van der Waals surface area contributed by atoms with E-state index in [-0.39, 0.29) is 5.97 Å². The van der Waals surface area contributed by atoms with Gasteiger partial charge in [0, 0.05) is 13.0 Å².